The standard InChI is InChI=1S/C14H18N2O/c1-8-3-4-9(2)13-12(8)10-5-6-15-7-11(10)14(17)16-13/h3-4,10-11,15H,5-7H2,1-2H3,(H,16,17). The van der Waals surface area contributed by atoms with E-state index in [0.29, 0.717) is 5.92 Å². The molecule has 2 aliphatic heterocycles. The minimum atomic E-state index is 0.108. The smallest absolute Gasteiger partial charge is 0.229 e. The number of benzene rings is 1. The Hall–Kier alpha value is -1.35. The van der Waals surface area contributed by atoms with E-state index in [1.54, 1.807) is 0 Å². The van der Waals surface area contributed by atoms with E-state index in [1.165, 1.54) is 16.7 Å². The molecule has 3 nitrogen and oxygen atoms in total. The maximum atomic E-state index is 12.1. The first-order valence-corrected chi connectivity index (χ1v) is 6.30. The molecule has 3 rings (SSSR count). The zero-order valence-electron chi connectivity index (χ0n) is 10.3. The van der Waals surface area contributed by atoms with Gasteiger partial charge in [-0.2, -0.15) is 0 Å². The van der Waals surface area contributed by atoms with Gasteiger partial charge in [-0.1, -0.05) is 12.1 Å². The van der Waals surface area contributed by atoms with Crippen LogP contribution < -0.4 is 10.6 Å². The molecular formula is C14H18N2O. The average molecular weight is 230 g/mol. The van der Waals surface area contributed by atoms with Crippen LogP contribution in [-0.2, 0) is 4.79 Å². The summed E-state index contributed by atoms with van der Waals surface area (Å²) >= 11 is 0. The molecule has 1 aromatic rings. The van der Waals surface area contributed by atoms with Crippen molar-refractivity contribution in [3.63, 3.8) is 0 Å². The average Bonchev–Trinajstić information content (AvgIpc) is 2.34. The van der Waals surface area contributed by atoms with Crippen LogP contribution in [0.5, 0.6) is 0 Å². The van der Waals surface area contributed by atoms with Gasteiger partial charge in [-0.15, -0.1) is 0 Å². The lowest BCUT2D eigenvalue weighted by Gasteiger charge is -2.38. The number of amides is 1. The maximum absolute atomic E-state index is 12.1. The number of nitrogens with one attached hydrogen (secondary N) is 2. The van der Waals surface area contributed by atoms with Gasteiger partial charge >= 0.3 is 0 Å². The van der Waals surface area contributed by atoms with Crippen molar-refractivity contribution in [3.8, 4) is 0 Å². The molecule has 2 N–H and O–H groups in total. The van der Waals surface area contributed by atoms with Crippen molar-refractivity contribution < 1.29 is 4.79 Å². The molecule has 1 aromatic carbocycles. The molecule has 0 aromatic heterocycles. The van der Waals surface area contributed by atoms with Crippen molar-refractivity contribution in [2.24, 2.45) is 5.92 Å². The van der Waals surface area contributed by atoms with Gasteiger partial charge in [0.05, 0.1) is 5.92 Å². The van der Waals surface area contributed by atoms with Gasteiger partial charge in [0.25, 0.3) is 0 Å². The van der Waals surface area contributed by atoms with Crippen LogP contribution in [0.4, 0.5) is 5.69 Å². The Kier molecular flexibility index (Phi) is 2.44. The number of rotatable bonds is 0. The zero-order chi connectivity index (χ0) is 12.0. The predicted octanol–water partition coefficient (Wildman–Crippen LogP) is 1.95. The molecule has 0 aliphatic carbocycles. The lowest BCUT2D eigenvalue weighted by Crippen LogP contribution is -2.45. The highest BCUT2D eigenvalue weighted by Crippen LogP contribution is 2.42. The van der Waals surface area contributed by atoms with Gasteiger partial charge in [0.15, 0.2) is 0 Å². The third-order valence-electron chi connectivity index (χ3n) is 4.11. The molecule has 0 spiro atoms. The van der Waals surface area contributed by atoms with Gasteiger partial charge in [-0.3, -0.25) is 4.79 Å². The molecule has 0 saturated carbocycles. The number of carbonyl (C=O) groups is 1. The Bertz CT molecular complexity index is 481. The summed E-state index contributed by atoms with van der Waals surface area (Å²) in [6, 6.07) is 4.26. The molecule has 2 unspecified atom stereocenters. The van der Waals surface area contributed by atoms with Gasteiger partial charge in [0.1, 0.15) is 0 Å². The molecule has 0 radical (unpaired) electrons. The Balaban J connectivity index is 2.16. The molecule has 17 heavy (non-hydrogen) atoms. The van der Waals surface area contributed by atoms with Gasteiger partial charge < -0.3 is 10.6 Å². The normalized spacial score (nSPS) is 27.1. The fourth-order valence-electron chi connectivity index (χ4n) is 3.17. The molecule has 2 heterocycles. The van der Waals surface area contributed by atoms with Crippen molar-refractivity contribution in [3.05, 3.63) is 28.8 Å². The molecule has 90 valence electrons. The van der Waals surface area contributed by atoms with E-state index in [1.807, 2.05) is 0 Å². The van der Waals surface area contributed by atoms with E-state index in [2.05, 4.69) is 36.6 Å². The van der Waals surface area contributed by atoms with Crippen LogP contribution in [0.2, 0.25) is 0 Å². The van der Waals surface area contributed by atoms with Crippen molar-refractivity contribution in [2.75, 3.05) is 18.4 Å². The summed E-state index contributed by atoms with van der Waals surface area (Å²) in [5.74, 6) is 0.694. The quantitative estimate of drug-likeness (QED) is 0.715. The molecular weight excluding hydrogens is 212 g/mol. The third-order valence-corrected chi connectivity index (χ3v) is 4.11. The van der Waals surface area contributed by atoms with E-state index in [9.17, 15) is 4.79 Å². The summed E-state index contributed by atoms with van der Waals surface area (Å²) in [4.78, 5) is 12.1. The lowest BCUT2D eigenvalue weighted by atomic mass is 9.75. The molecule has 2 aliphatic rings. The summed E-state index contributed by atoms with van der Waals surface area (Å²) in [6.07, 6.45) is 1.06. The number of anilines is 1. The summed E-state index contributed by atoms with van der Waals surface area (Å²) in [5.41, 5.74) is 4.92. The van der Waals surface area contributed by atoms with Gasteiger partial charge in [0.2, 0.25) is 5.91 Å². The topological polar surface area (TPSA) is 41.1 Å². The Morgan fingerprint density at radius 1 is 1.18 bits per heavy atom. The van der Waals surface area contributed by atoms with Crippen LogP contribution in [0.1, 0.15) is 29.0 Å². The summed E-state index contributed by atoms with van der Waals surface area (Å²) in [5, 5.41) is 6.41. The van der Waals surface area contributed by atoms with Crippen LogP contribution in [0.25, 0.3) is 0 Å². The number of hydrogen-bond acceptors (Lipinski definition) is 2. The largest absolute Gasteiger partial charge is 0.325 e. The Morgan fingerprint density at radius 3 is 2.76 bits per heavy atom. The maximum Gasteiger partial charge on any atom is 0.229 e. The Morgan fingerprint density at radius 2 is 1.94 bits per heavy atom. The number of hydrogen-bond donors (Lipinski definition) is 2. The number of piperidine rings is 1. The first kappa shape index (κ1) is 10.8. The van der Waals surface area contributed by atoms with Crippen LogP contribution in [-0.4, -0.2) is 19.0 Å². The first-order chi connectivity index (χ1) is 8.18. The summed E-state index contributed by atoms with van der Waals surface area (Å²) in [6.45, 7) is 6.04. The molecule has 1 fully saturated rings. The number of carbonyl (C=O) groups excluding carboxylic acids is 1. The molecule has 3 heteroatoms. The molecule has 2 atom stereocenters. The predicted molar refractivity (Wildman–Crippen MR) is 68.3 cm³/mol. The van der Waals surface area contributed by atoms with E-state index < -0.39 is 0 Å². The SMILES string of the molecule is Cc1ccc(C)c2c1NC(=O)C1CNCCC21. The van der Waals surface area contributed by atoms with Crippen molar-refractivity contribution in [1.82, 2.24) is 5.32 Å². The van der Waals surface area contributed by atoms with Crippen molar-refractivity contribution in [2.45, 2.75) is 26.2 Å². The highest BCUT2D eigenvalue weighted by atomic mass is 16.2. The number of fused-ring (bicyclic) bond motifs is 3. The zero-order valence-corrected chi connectivity index (χ0v) is 10.3. The van der Waals surface area contributed by atoms with E-state index in [0.717, 1.165) is 25.2 Å². The number of aryl methyl sites for hydroxylation is 2. The summed E-state index contributed by atoms with van der Waals surface area (Å²) in [7, 11) is 0. The van der Waals surface area contributed by atoms with E-state index in [-0.39, 0.29) is 11.8 Å². The third kappa shape index (κ3) is 1.57. The fraction of sp³-hybridized carbons (Fsp3) is 0.500. The summed E-state index contributed by atoms with van der Waals surface area (Å²) < 4.78 is 0. The van der Waals surface area contributed by atoms with Crippen LogP contribution in [0, 0.1) is 19.8 Å². The monoisotopic (exact) mass is 230 g/mol. The van der Waals surface area contributed by atoms with Crippen molar-refractivity contribution >= 4 is 11.6 Å². The van der Waals surface area contributed by atoms with E-state index >= 15 is 0 Å². The second-order valence-corrected chi connectivity index (χ2v) is 5.18. The minimum Gasteiger partial charge on any atom is -0.325 e. The van der Waals surface area contributed by atoms with Crippen molar-refractivity contribution in [1.29, 1.82) is 0 Å². The first-order valence-electron chi connectivity index (χ1n) is 6.30. The van der Waals surface area contributed by atoms with Gasteiger partial charge in [-0.05, 0) is 43.5 Å². The van der Waals surface area contributed by atoms with Crippen LogP contribution in [0.3, 0.4) is 0 Å². The lowest BCUT2D eigenvalue weighted by molar-refractivity contribution is -0.121. The second-order valence-electron chi connectivity index (χ2n) is 5.18. The molecule has 0 bridgehead atoms. The highest BCUT2D eigenvalue weighted by Gasteiger charge is 2.38. The Labute approximate surface area is 102 Å². The fourth-order valence-corrected chi connectivity index (χ4v) is 3.17. The minimum absolute atomic E-state index is 0.108. The van der Waals surface area contributed by atoms with E-state index in [4.69, 9.17) is 0 Å². The molecule has 1 saturated heterocycles. The highest BCUT2D eigenvalue weighted by molar-refractivity contribution is 5.98. The van der Waals surface area contributed by atoms with Crippen LogP contribution >= 0.6 is 0 Å². The second kappa shape index (κ2) is 3.84. The van der Waals surface area contributed by atoms with Gasteiger partial charge in [-0.25, -0.2) is 0 Å². The van der Waals surface area contributed by atoms with Gasteiger partial charge in [0, 0.05) is 18.2 Å². The van der Waals surface area contributed by atoms with Crippen LogP contribution in [0.15, 0.2) is 12.1 Å². The molecule has 1 amide bonds.